The third-order valence-corrected chi connectivity index (χ3v) is 3.89. The number of nitrogens with one attached hydrogen (secondary N) is 1. The van der Waals surface area contributed by atoms with Crippen molar-refractivity contribution in [3.63, 3.8) is 0 Å². The van der Waals surface area contributed by atoms with Gasteiger partial charge in [0.15, 0.2) is 0 Å². The quantitative estimate of drug-likeness (QED) is 0.508. The number of rotatable bonds is 5. The van der Waals surface area contributed by atoms with E-state index in [0.717, 1.165) is 23.3 Å². The first kappa shape index (κ1) is 13.6. The fourth-order valence-electron chi connectivity index (χ4n) is 1.38. The van der Waals surface area contributed by atoms with Crippen molar-refractivity contribution in [3.05, 3.63) is 28.7 Å². The molecule has 0 aliphatic heterocycles. The molecule has 0 atom stereocenters. The molecule has 0 unspecified atom stereocenters. The van der Waals surface area contributed by atoms with Gasteiger partial charge in [0, 0.05) is 22.5 Å². The highest BCUT2D eigenvalue weighted by molar-refractivity contribution is 9.10. The normalized spacial score (nSPS) is 10.2. The highest BCUT2D eigenvalue weighted by atomic mass is 79.9. The predicted octanol–water partition coefficient (Wildman–Crippen LogP) is 3.86. The van der Waals surface area contributed by atoms with Crippen molar-refractivity contribution in [3.8, 4) is 0 Å². The number of amidine groups is 1. The lowest BCUT2D eigenvalue weighted by Crippen LogP contribution is -2.31. The summed E-state index contributed by atoms with van der Waals surface area (Å²) >= 11 is 5.12. The molecule has 0 spiro atoms. The average molecular weight is 301 g/mol. The first-order valence-corrected chi connectivity index (χ1v) is 7.16. The maximum atomic E-state index is 7.93. The van der Waals surface area contributed by atoms with Crippen molar-refractivity contribution >= 4 is 33.5 Å². The number of thioether (sulfide) groups is 1. The van der Waals surface area contributed by atoms with E-state index in [1.807, 2.05) is 12.1 Å². The largest absolute Gasteiger partial charge is 0.360 e. The Balaban J connectivity index is 2.45. The summed E-state index contributed by atoms with van der Waals surface area (Å²) in [6.07, 6.45) is 0. The van der Waals surface area contributed by atoms with Crippen molar-refractivity contribution in [2.45, 2.75) is 18.7 Å². The molecule has 0 saturated heterocycles. The Kier molecular flexibility index (Phi) is 5.91. The number of benzene rings is 1. The molecule has 1 rings (SSSR count). The zero-order chi connectivity index (χ0) is 12.0. The van der Waals surface area contributed by atoms with E-state index in [0.29, 0.717) is 5.84 Å². The van der Waals surface area contributed by atoms with Crippen LogP contribution in [0.1, 0.15) is 13.8 Å². The highest BCUT2D eigenvalue weighted by Crippen LogP contribution is 2.20. The summed E-state index contributed by atoms with van der Waals surface area (Å²) in [7, 11) is 0. The molecule has 1 aromatic rings. The first-order chi connectivity index (χ1) is 7.67. The van der Waals surface area contributed by atoms with Gasteiger partial charge in [0.05, 0.1) is 5.75 Å². The lowest BCUT2D eigenvalue weighted by molar-refractivity contribution is 0.461. The molecule has 4 heteroatoms. The Morgan fingerprint density at radius 1 is 1.25 bits per heavy atom. The Morgan fingerprint density at radius 2 is 1.81 bits per heavy atom. The van der Waals surface area contributed by atoms with E-state index >= 15 is 0 Å². The third-order valence-electron chi connectivity index (χ3n) is 2.33. The smallest absolute Gasteiger partial charge is 0.106 e. The Bertz CT molecular complexity index is 333. The number of nitrogens with zero attached hydrogens (tertiary/aromatic N) is 1. The molecule has 0 saturated carbocycles. The second kappa shape index (κ2) is 6.97. The van der Waals surface area contributed by atoms with E-state index in [1.165, 1.54) is 4.90 Å². The van der Waals surface area contributed by atoms with Crippen molar-refractivity contribution in [2.75, 3.05) is 18.8 Å². The molecule has 0 bridgehead atoms. The minimum atomic E-state index is 0.706. The summed E-state index contributed by atoms with van der Waals surface area (Å²) in [5.74, 6) is 1.45. The molecule has 0 radical (unpaired) electrons. The SMILES string of the molecule is CCN(CC)C(=N)CSc1ccc(Br)cc1. The molecular weight excluding hydrogens is 284 g/mol. The Hall–Kier alpha value is -0.480. The molecule has 88 valence electrons. The second-order valence-corrected chi connectivity index (χ2v) is 5.33. The van der Waals surface area contributed by atoms with Gasteiger partial charge < -0.3 is 4.90 Å². The number of hydrogen-bond acceptors (Lipinski definition) is 2. The van der Waals surface area contributed by atoms with Gasteiger partial charge in [0.1, 0.15) is 5.84 Å². The standard InChI is InChI=1S/C12H17BrN2S/c1-3-15(4-2)12(14)9-16-11-7-5-10(13)6-8-11/h5-8,14H,3-4,9H2,1-2H3. The van der Waals surface area contributed by atoms with Crippen LogP contribution in [0.4, 0.5) is 0 Å². The van der Waals surface area contributed by atoms with E-state index < -0.39 is 0 Å². The minimum Gasteiger partial charge on any atom is -0.360 e. The van der Waals surface area contributed by atoms with Gasteiger partial charge in [-0.25, -0.2) is 0 Å². The summed E-state index contributed by atoms with van der Waals surface area (Å²) in [6, 6.07) is 8.21. The van der Waals surface area contributed by atoms with Crippen molar-refractivity contribution in [1.29, 1.82) is 5.41 Å². The summed E-state index contributed by atoms with van der Waals surface area (Å²) in [6.45, 7) is 6.00. The zero-order valence-corrected chi connectivity index (χ0v) is 12.1. The van der Waals surface area contributed by atoms with Crippen molar-refractivity contribution < 1.29 is 0 Å². The van der Waals surface area contributed by atoms with Crippen LogP contribution in [-0.4, -0.2) is 29.6 Å². The number of hydrogen-bond donors (Lipinski definition) is 1. The van der Waals surface area contributed by atoms with E-state index in [4.69, 9.17) is 5.41 Å². The van der Waals surface area contributed by atoms with Crippen LogP contribution in [-0.2, 0) is 0 Å². The predicted molar refractivity (Wildman–Crippen MR) is 75.5 cm³/mol. The fraction of sp³-hybridized carbons (Fsp3) is 0.417. The molecule has 2 nitrogen and oxygen atoms in total. The third kappa shape index (κ3) is 4.18. The maximum Gasteiger partial charge on any atom is 0.106 e. The molecule has 1 aromatic carbocycles. The molecule has 0 fully saturated rings. The van der Waals surface area contributed by atoms with Gasteiger partial charge in [-0.15, -0.1) is 11.8 Å². The molecule has 1 N–H and O–H groups in total. The van der Waals surface area contributed by atoms with Gasteiger partial charge in [-0.2, -0.15) is 0 Å². The summed E-state index contributed by atoms with van der Waals surface area (Å²) in [5.41, 5.74) is 0. The van der Waals surface area contributed by atoms with Gasteiger partial charge in [0.2, 0.25) is 0 Å². The van der Waals surface area contributed by atoms with Crippen LogP contribution in [0.15, 0.2) is 33.6 Å². The molecule has 0 amide bonds. The summed E-state index contributed by atoms with van der Waals surface area (Å²) in [4.78, 5) is 3.28. The van der Waals surface area contributed by atoms with E-state index in [9.17, 15) is 0 Å². The topological polar surface area (TPSA) is 27.1 Å². The first-order valence-electron chi connectivity index (χ1n) is 5.38. The maximum absolute atomic E-state index is 7.93. The van der Waals surface area contributed by atoms with Gasteiger partial charge >= 0.3 is 0 Å². The minimum absolute atomic E-state index is 0.706. The lowest BCUT2D eigenvalue weighted by Gasteiger charge is -2.21. The monoisotopic (exact) mass is 300 g/mol. The molecule has 0 aliphatic rings. The van der Waals surface area contributed by atoms with Crippen LogP contribution in [0, 0.1) is 5.41 Å². The van der Waals surface area contributed by atoms with E-state index in [1.54, 1.807) is 11.8 Å². The highest BCUT2D eigenvalue weighted by Gasteiger charge is 2.05. The summed E-state index contributed by atoms with van der Waals surface area (Å²) < 4.78 is 1.09. The van der Waals surface area contributed by atoms with Crippen LogP contribution >= 0.6 is 27.7 Å². The second-order valence-electron chi connectivity index (χ2n) is 3.36. The van der Waals surface area contributed by atoms with Crippen molar-refractivity contribution in [1.82, 2.24) is 4.90 Å². The summed E-state index contributed by atoms with van der Waals surface area (Å²) in [5, 5.41) is 7.93. The average Bonchev–Trinajstić information content (AvgIpc) is 2.30. The van der Waals surface area contributed by atoms with Gasteiger partial charge in [-0.05, 0) is 38.1 Å². The van der Waals surface area contributed by atoms with Crippen LogP contribution < -0.4 is 0 Å². The van der Waals surface area contributed by atoms with Crippen LogP contribution in [0.2, 0.25) is 0 Å². The molecular formula is C12H17BrN2S. The van der Waals surface area contributed by atoms with E-state index in [-0.39, 0.29) is 0 Å². The van der Waals surface area contributed by atoms with Gasteiger partial charge in [-0.3, -0.25) is 5.41 Å². The fourth-order valence-corrected chi connectivity index (χ4v) is 2.46. The van der Waals surface area contributed by atoms with Crippen LogP contribution in [0.3, 0.4) is 0 Å². The van der Waals surface area contributed by atoms with Gasteiger partial charge in [-0.1, -0.05) is 15.9 Å². The Morgan fingerprint density at radius 3 is 2.31 bits per heavy atom. The van der Waals surface area contributed by atoms with Gasteiger partial charge in [0.25, 0.3) is 0 Å². The lowest BCUT2D eigenvalue weighted by atomic mass is 10.4. The Labute approximate surface area is 110 Å². The molecule has 0 heterocycles. The zero-order valence-electron chi connectivity index (χ0n) is 9.66. The molecule has 0 aliphatic carbocycles. The van der Waals surface area contributed by atoms with Crippen LogP contribution in [0.5, 0.6) is 0 Å². The number of halogens is 1. The van der Waals surface area contributed by atoms with E-state index in [2.05, 4.69) is 46.8 Å². The van der Waals surface area contributed by atoms with Crippen molar-refractivity contribution in [2.24, 2.45) is 0 Å². The molecule has 16 heavy (non-hydrogen) atoms. The molecule has 0 aromatic heterocycles. The van der Waals surface area contributed by atoms with Crippen LogP contribution in [0.25, 0.3) is 0 Å².